The SMILES string of the molecule is COc1cc2c(cc1C=CC1NCCc3cc(OCc4ccccc4)c(OC)cc31)OCO2. The minimum absolute atomic E-state index is 0.0425. The first kappa shape index (κ1) is 21.2. The van der Waals surface area contributed by atoms with Crippen LogP contribution >= 0.6 is 0 Å². The Morgan fingerprint density at radius 1 is 0.939 bits per heavy atom. The standard InChI is InChI=1S/C27H27NO5/c1-29-23-15-27-26(32-17-33-27)13-20(23)8-9-22-21-14-24(30-2)25(12-19(21)10-11-28-22)31-16-18-6-4-3-5-7-18/h3-9,12-15,22,28H,10-11,16-17H2,1-2H3. The van der Waals surface area contributed by atoms with E-state index in [1.54, 1.807) is 14.2 Å². The second kappa shape index (κ2) is 9.46. The summed E-state index contributed by atoms with van der Waals surface area (Å²) in [5.41, 5.74) is 4.49. The van der Waals surface area contributed by atoms with E-state index in [1.807, 2.05) is 30.3 Å². The van der Waals surface area contributed by atoms with Gasteiger partial charge in [0.05, 0.1) is 20.3 Å². The largest absolute Gasteiger partial charge is 0.496 e. The summed E-state index contributed by atoms with van der Waals surface area (Å²) in [7, 11) is 3.33. The lowest BCUT2D eigenvalue weighted by Gasteiger charge is -2.26. The highest BCUT2D eigenvalue weighted by molar-refractivity contribution is 5.65. The van der Waals surface area contributed by atoms with E-state index in [0.29, 0.717) is 12.4 Å². The molecule has 33 heavy (non-hydrogen) atoms. The third kappa shape index (κ3) is 4.47. The summed E-state index contributed by atoms with van der Waals surface area (Å²) in [6.07, 6.45) is 5.13. The minimum atomic E-state index is 0.0425. The van der Waals surface area contributed by atoms with Gasteiger partial charge >= 0.3 is 0 Å². The lowest BCUT2D eigenvalue weighted by atomic mass is 9.93. The summed E-state index contributed by atoms with van der Waals surface area (Å²) < 4.78 is 28.3. The first-order chi connectivity index (χ1) is 16.2. The van der Waals surface area contributed by atoms with Crippen molar-refractivity contribution in [2.45, 2.75) is 19.1 Å². The van der Waals surface area contributed by atoms with Crippen molar-refractivity contribution in [2.24, 2.45) is 0 Å². The summed E-state index contributed by atoms with van der Waals surface area (Å²) in [5.74, 6) is 3.68. The van der Waals surface area contributed by atoms with E-state index in [0.717, 1.165) is 47.1 Å². The molecule has 0 amide bonds. The second-order valence-corrected chi connectivity index (χ2v) is 7.96. The maximum absolute atomic E-state index is 6.11. The van der Waals surface area contributed by atoms with Gasteiger partial charge in [-0.3, -0.25) is 0 Å². The van der Waals surface area contributed by atoms with Gasteiger partial charge in [0.2, 0.25) is 6.79 Å². The summed E-state index contributed by atoms with van der Waals surface area (Å²) in [6.45, 7) is 1.61. The van der Waals surface area contributed by atoms with Crippen LogP contribution in [0.15, 0.2) is 60.7 Å². The molecule has 5 rings (SSSR count). The smallest absolute Gasteiger partial charge is 0.231 e. The highest BCUT2D eigenvalue weighted by Gasteiger charge is 2.22. The zero-order valence-corrected chi connectivity index (χ0v) is 18.8. The number of nitrogens with one attached hydrogen (secondary N) is 1. The molecule has 1 unspecified atom stereocenters. The van der Waals surface area contributed by atoms with Crippen LogP contribution < -0.4 is 29.0 Å². The highest BCUT2D eigenvalue weighted by atomic mass is 16.7. The van der Waals surface area contributed by atoms with Crippen LogP contribution in [0, 0.1) is 0 Å². The fraction of sp³-hybridized carbons (Fsp3) is 0.259. The van der Waals surface area contributed by atoms with E-state index in [1.165, 1.54) is 11.1 Å². The normalized spacial score (nSPS) is 16.5. The summed E-state index contributed by atoms with van der Waals surface area (Å²) >= 11 is 0. The van der Waals surface area contributed by atoms with Gasteiger partial charge in [0, 0.05) is 18.2 Å². The van der Waals surface area contributed by atoms with Crippen molar-refractivity contribution in [1.82, 2.24) is 5.32 Å². The van der Waals surface area contributed by atoms with Gasteiger partial charge in [-0.25, -0.2) is 0 Å². The Hall–Kier alpha value is -3.64. The van der Waals surface area contributed by atoms with Crippen molar-refractivity contribution in [3.63, 3.8) is 0 Å². The number of benzene rings is 3. The molecule has 1 N–H and O–H groups in total. The Morgan fingerprint density at radius 2 is 1.73 bits per heavy atom. The van der Waals surface area contributed by atoms with Crippen LogP contribution in [-0.4, -0.2) is 27.6 Å². The second-order valence-electron chi connectivity index (χ2n) is 7.96. The zero-order chi connectivity index (χ0) is 22.6. The molecule has 0 saturated carbocycles. The molecule has 170 valence electrons. The summed E-state index contributed by atoms with van der Waals surface area (Å²) in [6, 6.07) is 18.2. The number of hydrogen-bond donors (Lipinski definition) is 1. The van der Waals surface area contributed by atoms with E-state index < -0.39 is 0 Å². The lowest BCUT2D eigenvalue weighted by Crippen LogP contribution is -2.28. The number of rotatable bonds is 7. The van der Waals surface area contributed by atoms with Crippen LogP contribution in [0.3, 0.4) is 0 Å². The van der Waals surface area contributed by atoms with Crippen molar-refractivity contribution in [3.05, 3.63) is 82.9 Å². The Bertz CT molecular complexity index is 1160. The van der Waals surface area contributed by atoms with Crippen molar-refractivity contribution in [2.75, 3.05) is 27.6 Å². The van der Waals surface area contributed by atoms with Crippen molar-refractivity contribution in [3.8, 4) is 28.7 Å². The minimum Gasteiger partial charge on any atom is -0.496 e. The molecule has 0 spiro atoms. The molecule has 0 saturated heterocycles. The van der Waals surface area contributed by atoms with Gasteiger partial charge in [0.1, 0.15) is 12.4 Å². The molecule has 3 aromatic rings. The molecule has 3 aromatic carbocycles. The van der Waals surface area contributed by atoms with Crippen LogP contribution in [0.25, 0.3) is 6.08 Å². The molecule has 0 radical (unpaired) electrons. The first-order valence-corrected chi connectivity index (χ1v) is 11.0. The Morgan fingerprint density at radius 3 is 2.52 bits per heavy atom. The van der Waals surface area contributed by atoms with E-state index in [9.17, 15) is 0 Å². The van der Waals surface area contributed by atoms with Gasteiger partial charge in [0.15, 0.2) is 23.0 Å². The molecule has 6 nitrogen and oxygen atoms in total. The highest BCUT2D eigenvalue weighted by Crippen LogP contribution is 2.40. The third-order valence-corrected chi connectivity index (χ3v) is 5.95. The predicted molar refractivity (Wildman–Crippen MR) is 126 cm³/mol. The van der Waals surface area contributed by atoms with E-state index in [-0.39, 0.29) is 12.8 Å². The van der Waals surface area contributed by atoms with E-state index >= 15 is 0 Å². The molecule has 2 aliphatic rings. The molecule has 0 fully saturated rings. The molecule has 0 aromatic heterocycles. The Labute approximate surface area is 193 Å². The molecule has 2 aliphatic heterocycles. The average Bonchev–Trinajstić information content (AvgIpc) is 3.33. The number of hydrogen-bond acceptors (Lipinski definition) is 6. The predicted octanol–water partition coefficient (Wildman–Crippen LogP) is 4.91. The van der Waals surface area contributed by atoms with E-state index in [2.05, 4.69) is 41.7 Å². The third-order valence-electron chi connectivity index (χ3n) is 5.95. The van der Waals surface area contributed by atoms with E-state index in [4.69, 9.17) is 23.7 Å². The van der Waals surface area contributed by atoms with Crippen LogP contribution in [0.1, 0.15) is 28.3 Å². The number of methoxy groups -OCH3 is 2. The Balaban J connectivity index is 1.40. The van der Waals surface area contributed by atoms with Crippen LogP contribution in [-0.2, 0) is 13.0 Å². The van der Waals surface area contributed by atoms with Gasteiger partial charge < -0.3 is 29.0 Å². The quantitative estimate of drug-likeness (QED) is 0.558. The molecule has 6 heteroatoms. The van der Waals surface area contributed by atoms with Crippen molar-refractivity contribution in [1.29, 1.82) is 0 Å². The molecule has 1 atom stereocenters. The van der Waals surface area contributed by atoms with Gasteiger partial charge in [-0.15, -0.1) is 0 Å². The molecule has 0 bridgehead atoms. The number of fused-ring (bicyclic) bond motifs is 2. The van der Waals surface area contributed by atoms with Gasteiger partial charge in [-0.2, -0.15) is 0 Å². The van der Waals surface area contributed by atoms with Gasteiger partial charge in [-0.1, -0.05) is 42.5 Å². The monoisotopic (exact) mass is 445 g/mol. The van der Waals surface area contributed by atoms with Crippen molar-refractivity contribution >= 4 is 6.08 Å². The summed E-state index contributed by atoms with van der Waals surface area (Å²) in [5, 5.41) is 3.58. The van der Waals surface area contributed by atoms with Crippen LogP contribution in [0.5, 0.6) is 28.7 Å². The molecule has 2 heterocycles. The van der Waals surface area contributed by atoms with Gasteiger partial charge in [-0.05, 0) is 41.3 Å². The van der Waals surface area contributed by atoms with Gasteiger partial charge in [0.25, 0.3) is 0 Å². The molecular weight excluding hydrogens is 418 g/mol. The van der Waals surface area contributed by atoms with Crippen LogP contribution in [0.4, 0.5) is 0 Å². The summed E-state index contributed by atoms with van der Waals surface area (Å²) in [4.78, 5) is 0. The fourth-order valence-corrected chi connectivity index (χ4v) is 4.22. The average molecular weight is 446 g/mol. The fourth-order valence-electron chi connectivity index (χ4n) is 4.22. The maximum Gasteiger partial charge on any atom is 0.231 e. The topological polar surface area (TPSA) is 58.2 Å². The lowest BCUT2D eigenvalue weighted by molar-refractivity contribution is 0.174. The maximum atomic E-state index is 6.11. The molecule has 0 aliphatic carbocycles. The van der Waals surface area contributed by atoms with Crippen LogP contribution in [0.2, 0.25) is 0 Å². The Kier molecular flexibility index (Phi) is 6.09. The number of ether oxygens (including phenoxy) is 5. The molecular formula is C27H27NO5. The zero-order valence-electron chi connectivity index (χ0n) is 18.8. The first-order valence-electron chi connectivity index (χ1n) is 11.0. The van der Waals surface area contributed by atoms with Crippen molar-refractivity contribution < 1.29 is 23.7 Å².